The number of ether oxygens (including phenoxy) is 1. The van der Waals surface area contributed by atoms with Gasteiger partial charge in [0.2, 0.25) is 11.8 Å². The van der Waals surface area contributed by atoms with Gasteiger partial charge in [0, 0.05) is 25.7 Å². The third-order valence-corrected chi connectivity index (χ3v) is 8.62. The van der Waals surface area contributed by atoms with Crippen LogP contribution in [0.3, 0.4) is 0 Å². The Kier molecular flexibility index (Phi) is 9.06. The van der Waals surface area contributed by atoms with Crippen LogP contribution in [0.15, 0.2) is 24.3 Å². The highest BCUT2D eigenvalue weighted by Crippen LogP contribution is 2.34. The molecule has 4 atom stereocenters. The number of likely N-dealkylation sites (N-methyl/N-ethyl adjacent to an activating group) is 1. The molecule has 2 aliphatic heterocycles. The average Bonchev–Trinajstić information content (AvgIpc) is 3.33. The number of piperidine rings is 1. The minimum absolute atomic E-state index is 0.0723. The molecule has 0 aromatic heterocycles. The van der Waals surface area contributed by atoms with Gasteiger partial charge in [-0.15, -0.1) is 0 Å². The minimum atomic E-state index is -0.396. The van der Waals surface area contributed by atoms with Gasteiger partial charge in [0.1, 0.15) is 11.8 Å². The van der Waals surface area contributed by atoms with Gasteiger partial charge >= 0.3 is 0 Å². The van der Waals surface area contributed by atoms with E-state index in [1.54, 1.807) is 14.2 Å². The highest BCUT2D eigenvalue weighted by atomic mass is 16.5. The molecule has 35 heavy (non-hydrogen) atoms. The van der Waals surface area contributed by atoms with Crippen LogP contribution >= 0.6 is 0 Å². The molecule has 1 aliphatic carbocycles. The maximum atomic E-state index is 14.0. The summed E-state index contributed by atoms with van der Waals surface area (Å²) >= 11 is 0. The van der Waals surface area contributed by atoms with Gasteiger partial charge in [-0.1, -0.05) is 31.4 Å². The number of hydrogen-bond acceptors (Lipinski definition) is 5. The molecule has 194 valence electrons. The van der Waals surface area contributed by atoms with Gasteiger partial charge in [0.25, 0.3) is 0 Å². The number of nitrogens with zero attached hydrogens (tertiary/aromatic N) is 2. The van der Waals surface area contributed by atoms with Crippen molar-refractivity contribution in [2.45, 2.75) is 76.4 Å². The van der Waals surface area contributed by atoms with Crippen LogP contribution in [-0.2, 0) is 16.0 Å². The van der Waals surface area contributed by atoms with Crippen LogP contribution in [0, 0.1) is 11.8 Å². The van der Waals surface area contributed by atoms with Gasteiger partial charge in [-0.05, 0) is 82.2 Å². The van der Waals surface area contributed by atoms with E-state index in [0.717, 1.165) is 76.9 Å². The lowest BCUT2D eigenvalue weighted by atomic mass is 9.83. The van der Waals surface area contributed by atoms with Crippen LogP contribution in [0.5, 0.6) is 5.75 Å². The van der Waals surface area contributed by atoms with Crippen molar-refractivity contribution < 1.29 is 14.3 Å². The first kappa shape index (κ1) is 26.0. The first-order valence-electron chi connectivity index (χ1n) is 13.6. The van der Waals surface area contributed by atoms with Gasteiger partial charge in [-0.3, -0.25) is 9.59 Å². The van der Waals surface area contributed by atoms with E-state index in [-0.39, 0.29) is 29.8 Å². The number of likely N-dealkylation sites (tertiary alicyclic amines) is 2. The Balaban J connectivity index is 1.40. The molecule has 0 unspecified atom stereocenters. The molecule has 2 heterocycles. The Morgan fingerprint density at radius 3 is 2.46 bits per heavy atom. The van der Waals surface area contributed by atoms with Crippen molar-refractivity contribution in [2.24, 2.45) is 11.8 Å². The van der Waals surface area contributed by atoms with E-state index in [1.165, 1.54) is 12.0 Å². The Morgan fingerprint density at radius 2 is 1.77 bits per heavy atom. The standard InChI is InChI=1S/C28H44N4O3/c1-20(29-2)27(33)30-26(23-7-5-4-6-8-23)28(34)32-18-15-22-14-17-31(19-25(22)32)16-13-21-9-11-24(35-3)12-10-21/h9-12,20,22-23,25-26,29H,4-8,13-19H2,1-3H3,(H,30,33)/t20-,22+,25+,26-/m0/s1. The summed E-state index contributed by atoms with van der Waals surface area (Å²) in [6.45, 7) is 5.71. The Labute approximate surface area is 210 Å². The van der Waals surface area contributed by atoms with Gasteiger partial charge in [-0.2, -0.15) is 0 Å². The van der Waals surface area contributed by atoms with Crippen molar-refractivity contribution >= 4 is 11.8 Å². The topological polar surface area (TPSA) is 73.9 Å². The lowest BCUT2D eigenvalue weighted by Gasteiger charge is -2.41. The molecule has 0 radical (unpaired) electrons. The van der Waals surface area contributed by atoms with Gasteiger partial charge in [0.15, 0.2) is 0 Å². The summed E-state index contributed by atoms with van der Waals surface area (Å²) in [5.41, 5.74) is 1.31. The van der Waals surface area contributed by atoms with Crippen LogP contribution in [0.1, 0.15) is 57.4 Å². The number of methoxy groups -OCH3 is 1. The normalized spacial score (nSPS) is 25.1. The molecule has 4 rings (SSSR count). The predicted octanol–water partition coefficient (Wildman–Crippen LogP) is 2.83. The zero-order valence-corrected chi connectivity index (χ0v) is 21.8. The second-order valence-electron chi connectivity index (χ2n) is 10.7. The zero-order chi connectivity index (χ0) is 24.8. The smallest absolute Gasteiger partial charge is 0.245 e. The van der Waals surface area contributed by atoms with E-state index in [9.17, 15) is 9.59 Å². The molecular formula is C28H44N4O3. The summed E-state index contributed by atoms with van der Waals surface area (Å²) in [6, 6.07) is 7.88. The lowest BCUT2D eigenvalue weighted by molar-refractivity contribution is -0.140. The fourth-order valence-corrected chi connectivity index (χ4v) is 6.20. The van der Waals surface area contributed by atoms with E-state index >= 15 is 0 Å². The fourth-order valence-electron chi connectivity index (χ4n) is 6.20. The molecule has 7 heteroatoms. The first-order chi connectivity index (χ1) is 17.0. The number of amides is 2. The molecule has 3 aliphatic rings. The number of nitrogens with one attached hydrogen (secondary N) is 2. The maximum absolute atomic E-state index is 14.0. The van der Waals surface area contributed by atoms with E-state index in [4.69, 9.17) is 4.74 Å². The summed E-state index contributed by atoms with van der Waals surface area (Å²) in [7, 11) is 3.48. The quantitative estimate of drug-likeness (QED) is 0.564. The molecular weight excluding hydrogens is 440 g/mol. The van der Waals surface area contributed by atoms with E-state index in [2.05, 4.69) is 32.6 Å². The fraction of sp³-hybridized carbons (Fsp3) is 0.714. The van der Waals surface area contributed by atoms with Crippen LogP contribution in [0.25, 0.3) is 0 Å². The molecule has 1 aromatic carbocycles. The van der Waals surface area contributed by atoms with Crippen molar-refractivity contribution in [3.05, 3.63) is 29.8 Å². The van der Waals surface area contributed by atoms with Crippen molar-refractivity contribution in [1.29, 1.82) is 0 Å². The third-order valence-electron chi connectivity index (χ3n) is 8.62. The highest BCUT2D eigenvalue weighted by Gasteiger charge is 2.44. The second kappa shape index (κ2) is 12.2. The van der Waals surface area contributed by atoms with Gasteiger partial charge in [-0.25, -0.2) is 0 Å². The third kappa shape index (κ3) is 6.36. The van der Waals surface area contributed by atoms with Gasteiger partial charge in [0.05, 0.1) is 13.2 Å². The van der Waals surface area contributed by atoms with Crippen molar-refractivity contribution in [2.75, 3.05) is 40.3 Å². The molecule has 1 saturated carbocycles. The van der Waals surface area contributed by atoms with Crippen molar-refractivity contribution in [3.8, 4) is 5.75 Å². The zero-order valence-electron chi connectivity index (χ0n) is 21.8. The molecule has 0 bridgehead atoms. The number of benzene rings is 1. The second-order valence-corrected chi connectivity index (χ2v) is 10.7. The molecule has 3 fully saturated rings. The van der Waals surface area contributed by atoms with Crippen LogP contribution in [-0.4, -0.2) is 80.1 Å². The van der Waals surface area contributed by atoms with E-state index in [0.29, 0.717) is 5.92 Å². The Bertz CT molecular complexity index is 839. The average molecular weight is 485 g/mol. The minimum Gasteiger partial charge on any atom is -0.497 e. The Hall–Kier alpha value is -2.12. The first-order valence-corrected chi connectivity index (χ1v) is 13.6. The number of hydrogen-bond donors (Lipinski definition) is 2. The molecule has 7 nitrogen and oxygen atoms in total. The number of fused-ring (bicyclic) bond motifs is 1. The van der Waals surface area contributed by atoms with Crippen LogP contribution < -0.4 is 15.4 Å². The number of rotatable bonds is 9. The molecule has 0 spiro atoms. The van der Waals surface area contributed by atoms with Crippen molar-refractivity contribution in [3.63, 3.8) is 0 Å². The summed E-state index contributed by atoms with van der Waals surface area (Å²) in [4.78, 5) is 31.4. The molecule has 2 amide bonds. The summed E-state index contributed by atoms with van der Waals surface area (Å²) in [6.07, 6.45) is 8.82. The maximum Gasteiger partial charge on any atom is 0.245 e. The summed E-state index contributed by atoms with van der Waals surface area (Å²) < 4.78 is 5.27. The Morgan fingerprint density at radius 1 is 1.06 bits per heavy atom. The molecule has 1 aromatic rings. The summed E-state index contributed by atoms with van der Waals surface area (Å²) in [5, 5.41) is 6.18. The summed E-state index contributed by atoms with van der Waals surface area (Å²) in [5.74, 6) is 1.79. The number of carbonyl (C=O) groups is 2. The molecule has 2 saturated heterocycles. The van der Waals surface area contributed by atoms with Crippen LogP contribution in [0.2, 0.25) is 0 Å². The van der Waals surface area contributed by atoms with E-state index < -0.39 is 6.04 Å². The molecule has 2 N–H and O–H groups in total. The van der Waals surface area contributed by atoms with Crippen molar-refractivity contribution in [1.82, 2.24) is 20.4 Å². The highest BCUT2D eigenvalue weighted by molar-refractivity contribution is 5.90. The lowest BCUT2D eigenvalue weighted by Crippen LogP contribution is -2.58. The van der Waals surface area contributed by atoms with Gasteiger partial charge < -0.3 is 25.2 Å². The number of carbonyl (C=O) groups excluding carboxylic acids is 2. The SMILES string of the molecule is CN[C@@H](C)C(=O)N[C@H](C(=O)N1CC[C@H]2CCN(CCc3ccc(OC)cc3)C[C@H]21)C1CCCCC1. The monoisotopic (exact) mass is 484 g/mol. The van der Waals surface area contributed by atoms with E-state index in [1.807, 2.05) is 19.1 Å². The largest absolute Gasteiger partial charge is 0.497 e. The predicted molar refractivity (Wildman–Crippen MR) is 138 cm³/mol. The van der Waals surface area contributed by atoms with Crippen LogP contribution in [0.4, 0.5) is 0 Å².